The molecule has 0 heterocycles. The second-order valence-electron chi connectivity index (χ2n) is 8.23. The molecule has 0 unspecified atom stereocenters. The van der Waals surface area contributed by atoms with Crippen LogP contribution in [0.15, 0.2) is 53.4 Å². The van der Waals surface area contributed by atoms with Crippen LogP contribution in [-0.2, 0) is 16.1 Å². The maximum atomic E-state index is 13.3. The van der Waals surface area contributed by atoms with Crippen molar-refractivity contribution in [2.24, 2.45) is 0 Å². The SMILES string of the molecule is Cc1ccc(SCCC(=O)N(Cc2ccc(F)cc2)[C@@H](C)C(=O)NC2CCCC2)cc1. The molecule has 1 saturated carbocycles. The van der Waals surface area contributed by atoms with Crippen molar-refractivity contribution in [2.45, 2.75) is 69.5 Å². The van der Waals surface area contributed by atoms with Gasteiger partial charge < -0.3 is 10.2 Å². The van der Waals surface area contributed by atoms with Gasteiger partial charge in [0.1, 0.15) is 11.9 Å². The van der Waals surface area contributed by atoms with Gasteiger partial charge in [-0.3, -0.25) is 9.59 Å². The second-order valence-corrected chi connectivity index (χ2v) is 9.39. The lowest BCUT2D eigenvalue weighted by Gasteiger charge is -2.30. The summed E-state index contributed by atoms with van der Waals surface area (Å²) >= 11 is 1.63. The number of hydrogen-bond acceptors (Lipinski definition) is 3. The Balaban J connectivity index is 1.64. The highest BCUT2D eigenvalue weighted by atomic mass is 32.2. The molecule has 1 N–H and O–H groups in total. The van der Waals surface area contributed by atoms with Gasteiger partial charge in [0.2, 0.25) is 11.8 Å². The molecule has 4 nitrogen and oxygen atoms in total. The summed E-state index contributed by atoms with van der Waals surface area (Å²) in [6.45, 7) is 4.11. The number of nitrogens with one attached hydrogen (secondary N) is 1. The highest BCUT2D eigenvalue weighted by Gasteiger charge is 2.28. The van der Waals surface area contributed by atoms with E-state index in [9.17, 15) is 14.0 Å². The summed E-state index contributed by atoms with van der Waals surface area (Å²) in [5.74, 6) is 0.133. The molecule has 1 fully saturated rings. The number of amides is 2. The smallest absolute Gasteiger partial charge is 0.242 e. The number of thioether (sulfide) groups is 1. The van der Waals surface area contributed by atoms with Crippen LogP contribution in [0.4, 0.5) is 4.39 Å². The Morgan fingerprint density at radius 3 is 2.39 bits per heavy atom. The predicted octanol–water partition coefficient (Wildman–Crippen LogP) is 5.09. The van der Waals surface area contributed by atoms with Crippen LogP contribution in [0.3, 0.4) is 0 Å². The van der Waals surface area contributed by atoms with Crippen molar-refractivity contribution in [1.29, 1.82) is 0 Å². The van der Waals surface area contributed by atoms with Crippen LogP contribution in [0.2, 0.25) is 0 Å². The van der Waals surface area contributed by atoms with Gasteiger partial charge in [-0.15, -0.1) is 11.8 Å². The molecule has 1 atom stereocenters. The molecule has 1 aliphatic rings. The third-order valence-electron chi connectivity index (χ3n) is 5.74. The quantitative estimate of drug-likeness (QED) is 0.550. The van der Waals surface area contributed by atoms with Crippen LogP contribution in [0.5, 0.6) is 0 Å². The van der Waals surface area contributed by atoms with Crippen LogP contribution in [0.1, 0.15) is 50.2 Å². The van der Waals surface area contributed by atoms with Gasteiger partial charge in [-0.2, -0.15) is 0 Å². The number of carbonyl (C=O) groups excluding carboxylic acids is 2. The van der Waals surface area contributed by atoms with E-state index in [0.29, 0.717) is 12.2 Å². The Morgan fingerprint density at radius 1 is 1.10 bits per heavy atom. The van der Waals surface area contributed by atoms with Crippen molar-refractivity contribution >= 4 is 23.6 Å². The molecule has 2 aromatic rings. The van der Waals surface area contributed by atoms with Crippen molar-refractivity contribution in [2.75, 3.05) is 5.75 Å². The lowest BCUT2D eigenvalue weighted by atomic mass is 10.1. The maximum Gasteiger partial charge on any atom is 0.242 e. The zero-order chi connectivity index (χ0) is 22.2. The van der Waals surface area contributed by atoms with Crippen molar-refractivity contribution < 1.29 is 14.0 Å². The molecule has 31 heavy (non-hydrogen) atoms. The molecule has 6 heteroatoms. The molecule has 0 aliphatic heterocycles. The predicted molar refractivity (Wildman–Crippen MR) is 123 cm³/mol. The standard InChI is InChI=1S/C25H31FN2O2S/c1-18-7-13-23(14-8-18)31-16-15-24(29)28(17-20-9-11-21(26)12-10-20)19(2)25(30)27-22-5-3-4-6-22/h7-14,19,22H,3-6,15-17H2,1-2H3,(H,27,30)/t19-/m0/s1. The van der Waals surface area contributed by atoms with Gasteiger partial charge in [0.15, 0.2) is 0 Å². The van der Waals surface area contributed by atoms with Crippen molar-refractivity contribution in [3.8, 4) is 0 Å². The van der Waals surface area contributed by atoms with E-state index in [1.54, 1.807) is 35.7 Å². The number of nitrogens with zero attached hydrogens (tertiary/aromatic N) is 1. The van der Waals surface area contributed by atoms with Gasteiger partial charge in [-0.05, 0) is 56.5 Å². The lowest BCUT2D eigenvalue weighted by molar-refractivity contribution is -0.140. The Labute approximate surface area is 188 Å². The summed E-state index contributed by atoms with van der Waals surface area (Å²) in [6, 6.07) is 13.9. The third kappa shape index (κ3) is 7.10. The first-order chi connectivity index (χ1) is 14.9. The lowest BCUT2D eigenvalue weighted by Crippen LogP contribution is -2.49. The normalized spacial score (nSPS) is 14.9. The Bertz CT molecular complexity index is 864. The topological polar surface area (TPSA) is 49.4 Å². The molecule has 3 rings (SSSR count). The van der Waals surface area contributed by atoms with E-state index in [-0.39, 0.29) is 30.2 Å². The first-order valence-electron chi connectivity index (χ1n) is 11.0. The van der Waals surface area contributed by atoms with E-state index in [2.05, 4.69) is 29.6 Å². The molecular formula is C25H31FN2O2S. The fourth-order valence-electron chi connectivity index (χ4n) is 3.80. The first kappa shape index (κ1) is 23.3. The van der Waals surface area contributed by atoms with Crippen LogP contribution in [-0.4, -0.2) is 34.6 Å². The van der Waals surface area contributed by atoms with Crippen LogP contribution >= 0.6 is 11.8 Å². The van der Waals surface area contributed by atoms with E-state index < -0.39 is 6.04 Å². The number of halogens is 1. The molecule has 2 amide bonds. The van der Waals surface area contributed by atoms with Crippen LogP contribution in [0.25, 0.3) is 0 Å². The van der Waals surface area contributed by atoms with Gasteiger partial charge in [0.05, 0.1) is 0 Å². The molecule has 0 radical (unpaired) electrons. The van der Waals surface area contributed by atoms with Crippen molar-refractivity contribution in [3.63, 3.8) is 0 Å². The summed E-state index contributed by atoms with van der Waals surface area (Å²) in [4.78, 5) is 28.7. The fourth-order valence-corrected chi connectivity index (χ4v) is 4.64. The minimum atomic E-state index is -0.581. The van der Waals surface area contributed by atoms with E-state index >= 15 is 0 Å². The number of benzene rings is 2. The molecule has 0 saturated heterocycles. The summed E-state index contributed by atoms with van der Waals surface area (Å²) in [6.07, 6.45) is 4.59. The molecular weight excluding hydrogens is 411 g/mol. The number of hydrogen-bond donors (Lipinski definition) is 1. The van der Waals surface area contributed by atoms with E-state index in [1.807, 2.05) is 6.92 Å². The molecule has 1 aliphatic carbocycles. The van der Waals surface area contributed by atoms with Gasteiger partial charge in [0.25, 0.3) is 0 Å². The minimum Gasteiger partial charge on any atom is -0.352 e. The average Bonchev–Trinajstić information content (AvgIpc) is 3.27. The van der Waals surface area contributed by atoms with Gasteiger partial charge in [-0.1, -0.05) is 42.7 Å². The molecule has 0 bridgehead atoms. The highest BCUT2D eigenvalue weighted by molar-refractivity contribution is 7.99. The third-order valence-corrected chi connectivity index (χ3v) is 6.75. The van der Waals surface area contributed by atoms with Gasteiger partial charge in [0, 0.05) is 29.7 Å². The summed E-state index contributed by atoms with van der Waals surface area (Å²) < 4.78 is 13.3. The largest absolute Gasteiger partial charge is 0.352 e. The summed E-state index contributed by atoms with van der Waals surface area (Å²) in [5, 5.41) is 3.10. The first-order valence-corrected chi connectivity index (χ1v) is 11.9. The monoisotopic (exact) mass is 442 g/mol. The van der Waals surface area contributed by atoms with E-state index in [4.69, 9.17) is 0 Å². The molecule has 0 spiro atoms. The van der Waals surface area contributed by atoms with Crippen LogP contribution < -0.4 is 5.32 Å². The van der Waals surface area contributed by atoms with Crippen molar-refractivity contribution in [1.82, 2.24) is 10.2 Å². The highest BCUT2D eigenvalue weighted by Crippen LogP contribution is 2.21. The minimum absolute atomic E-state index is 0.0713. The summed E-state index contributed by atoms with van der Waals surface area (Å²) in [7, 11) is 0. The van der Waals surface area contributed by atoms with E-state index in [1.165, 1.54) is 17.7 Å². The number of carbonyl (C=O) groups is 2. The summed E-state index contributed by atoms with van der Waals surface area (Å²) in [5.41, 5.74) is 2.01. The zero-order valence-electron chi connectivity index (χ0n) is 18.3. The second kappa shape index (κ2) is 11.3. The number of aryl methyl sites for hydroxylation is 1. The molecule has 166 valence electrons. The van der Waals surface area contributed by atoms with Crippen LogP contribution in [0, 0.1) is 12.7 Å². The Kier molecular flexibility index (Phi) is 8.52. The maximum absolute atomic E-state index is 13.3. The van der Waals surface area contributed by atoms with Gasteiger partial charge in [-0.25, -0.2) is 4.39 Å². The fraction of sp³-hybridized carbons (Fsp3) is 0.440. The van der Waals surface area contributed by atoms with E-state index in [0.717, 1.165) is 36.1 Å². The van der Waals surface area contributed by atoms with Gasteiger partial charge >= 0.3 is 0 Å². The Morgan fingerprint density at radius 2 is 1.74 bits per heavy atom. The molecule has 0 aromatic heterocycles. The zero-order valence-corrected chi connectivity index (χ0v) is 19.1. The Hall–Kier alpha value is -2.34. The average molecular weight is 443 g/mol. The molecule has 2 aromatic carbocycles. The van der Waals surface area contributed by atoms with Crippen molar-refractivity contribution in [3.05, 3.63) is 65.5 Å². The number of rotatable bonds is 9.